The van der Waals surface area contributed by atoms with Crippen molar-refractivity contribution in [2.75, 3.05) is 12.4 Å². The van der Waals surface area contributed by atoms with E-state index in [1.165, 1.54) is 0 Å². The summed E-state index contributed by atoms with van der Waals surface area (Å²) in [6.45, 7) is 3.50. The number of thioether (sulfide) groups is 1. The van der Waals surface area contributed by atoms with Crippen molar-refractivity contribution in [3.63, 3.8) is 0 Å². The van der Waals surface area contributed by atoms with Crippen LogP contribution in [0.15, 0.2) is 59.9 Å². The van der Waals surface area contributed by atoms with Gasteiger partial charge in [0.15, 0.2) is 11.0 Å². The maximum atomic E-state index is 5.89. The summed E-state index contributed by atoms with van der Waals surface area (Å²) in [6, 6.07) is 15.6. The fourth-order valence-corrected chi connectivity index (χ4v) is 3.90. The van der Waals surface area contributed by atoms with Crippen LogP contribution in [0, 0.1) is 0 Å². The third-order valence-electron chi connectivity index (χ3n) is 4.26. The van der Waals surface area contributed by atoms with E-state index >= 15 is 0 Å². The summed E-state index contributed by atoms with van der Waals surface area (Å²) in [7, 11) is 0. The molecule has 0 spiro atoms. The van der Waals surface area contributed by atoms with Crippen molar-refractivity contribution >= 4 is 34.3 Å². The molecule has 5 nitrogen and oxygen atoms in total. The van der Waals surface area contributed by atoms with E-state index in [0.717, 1.165) is 45.5 Å². The second-order valence-electron chi connectivity index (χ2n) is 5.95. The smallest absolute Gasteiger partial charge is 0.191 e. The predicted molar refractivity (Wildman–Crippen MR) is 111 cm³/mol. The molecule has 0 unspecified atom stereocenters. The first-order chi connectivity index (χ1) is 13.3. The monoisotopic (exact) mass is 398 g/mol. The Hall–Kier alpha value is -2.44. The molecule has 2 aromatic heterocycles. The molecule has 0 aliphatic rings. The number of para-hydroxylation sites is 1. The molecule has 138 valence electrons. The second kappa shape index (κ2) is 8.06. The fraction of sp³-hybridized carbons (Fsp3) is 0.200. The number of halogens is 1. The lowest BCUT2D eigenvalue weighted by molar-refractivity contribution is 0.344. The van der Waals surface area contributed by atoms with Gasteiger partial charge < -0.3 is 14.3 Å². The zero-order chi connectivity index (χ0) is 18.6. The molecule has 0 saturated heterocycles. The third-order valence-corrected chi connectivity index (χ3v) is 5.44. The minimum atomic E-state index is 0.589. The summed E-state index contributed by atoms with van der Waals surface area (Å²) < 4.78 is 7.89. The number of hydrogen-bond acceptors (Lipinski definition) is 4. The molecule has 0 radical (unpaired) electrons. The fourth-order valence-electron chi connectivity index (χ4n) is 2.96. The summed E-state index contributed by atoms with van der Waals surface area (Å²) >= 11 is 7.53. The lowest BCUT2D eigenvalue weighted by Crippen LogP contribution is -2.03. The second-order valence-corrected chi connectivity index (χ2v) is 7.45. The van der Waals surface area contributed by atoms with E-state index in [0.29, 0.717) is 11.6 Å². The number of rotatable bonds is 7. The van der Waals surface area contributed by atoms with Gasteiger partial charge in [0, 0.05) is 40.0 Å². The number of benzene rings is 2. The van der Waals surface area contributed by atoms with Gasteiger partial charge in [-0.1, -0.05) is 41.6 Å². The molecule has 0 amide bonds. The average Bonchev–Trinajstić information content (AvgIpc) is 3.30. The van der Waals surface area contributed by atoms with E-state index in [9.17, 15) is 0 Å². The molecule has 27 heavy (non-hydrogen) atoms. The highest BCUT2D eigenvalue weighted by molar-refractivity contribution is 7.99. The summed E-state index contributed by atoms with van der Waals surface area (Å²) in [5, 5.41) is 11.6. The van der Waals surface area contributed by atoms with Crippen molar-refractivity contribution in [3.05, 3.63) is 59.8 Å². The molecular formula is C20H19ClN4OS. The predicted octanol–water partition coefficient (Wildman–Crippen LogP) is 5.27. The van der Waals surface area contributed by atoms with Crippen molar-refractivity contribution in [2.45, 2.75) is 18.6 Å². The lowest BCUT2D eigenvalue weighted by Gasteiger charge is -2.08. The molecule has 7 heteroatoms. The number of fused-ring (bicyclic) bond motifs is 1. The lowest BCUT2D eigenvalue weighted by atomic mass is 10.1. The molecule has 2 heterocycles. The molecule has 4 rings (SSSR count). The number of nitrogens with zero attached hydrogens (tertiary/aromatic N) is 3. The number of hydrogen-bond donors (Lipinski definition) is 1. The minimum absolute atomic E-state index is 0.589. The van der Waals surface area contributed by atoms with Gasteiger partial charge in [-0.15, -0.1) is 10.2 Å². The first-order valence-corrected chi connectivity index (χ1v) is 10.1. The quantitative estimate of drug-likeness (QED) is 0.340. The van der Waals surface area contributed by atoms with Crippen LogP contribution >= 0.6 is 23.4 Å². The van der Waals surface area contributed by atoms with E-state index in [-0.39, 0.29) is 0 Å². The van der Waals surface area contributed by atoms with Crippen LogP contribution in [0.2, 0.25) is 5.02 Å². The Morgan fingerprint density at radius 2 is 1.93 bits per heavy atom. The molecular weight excluding hydrogens is 380 g/mol. The van der Waals surface area contributed by atoms with E-state index < -0.39 is 0 Å². The van der Waals surface area contributed by atoms with Gasteiger partial charge in [-0.05, 0) is 37.3 Å². The van der Waals surface area contributed by atoms with Gasteiger partial charge >= 0.3 is 0 Å². The Kier molecular flexibility index (Phi) is 5.36. The largest absolute Gasteiger partial charge is 0.493 e. The van der Waals surface area contributed by atoms with Crippen LogP contribution in [-0.2, 0) is 6.54 Å². The highest BCUT2D eigenvalue weighted by Gasteiger charge is 2.16. The van der Waals surface area contributed by atoms with E-state index in [4.69, 9.17) is 16.3 Å². The van der Waals surface area contributed by atoms with Gasteiger partial charge in [-0.25, -0.2) is 0 Å². The number of aromatic amines is 1. The highest BCUT2D eigenvalue weighted by Crippen LogP contribution is 2.29. The van der Waals surface area contributed by atoms with Crippen LogP contribution in [0.4, 0.5) is 0 Å². The van der Waals surface area contributed by atoms with E-state index in [2.05, 4.69) is 38.8 Å². The molecule has 0 aliphatic heterocycles. The Morgan fingerprint density at radius 3 is 2.74 bits per heavy atom. The van der Waals surface area contributed by atoms with Crippen LogP contribution in [0.5, 0.6) is 5.75 Å². The maximum absolute atomic E-state index is 5.89. The average molecular weight is 399 g/mol. The van der Waals surface area contributed by atoms with E-state index in [1.54, 1.807) is 11.8 Å². The number of nitrogens with one attached hydrogen (secondary N) is 1. The minimum Gasteiger partial charge on any atom is -0.493 e. The Balaban J connectivity index is 1.46. The SMILES string of the molecule is CCn1c(SCCOc2ccc(Cl)cc2)nnc1-c1c[nH]c2ccccc12. The molecule has 0 bridgehead atoms. The third kappa shape index (κ3) is 3.82. The van der Waals surface area contributed by atoms with Gasteiger partial charge in [0.05, 0.1) is 6.61 Å². The van der Waals surface area contributed by atoms with Crippen molar-refractivity contribution < 1.29 is 4.74 Å². The molecule has 0 atom stereocenters. The van der Waals surface area contributed by atoms with Crippen molar-refractivity contribution in [2.24, 2.45) is 0 Å². The van der Waals surface area contributed by atoms with Crippen LogP contribution in [0.3, 0.4) is 0 Å². The van der Waals surface area contributed by atoms with Gasteiger partial charge in [-0.3, -0.25) is 0 Å². The summed E-state index contributed by atoms with van der Waals surface area (Å²) in [5.74, 6) is 2.49. The van der Waals surface area contributed by atoms with E-state index in [1.807, 2.05) is 42.6 Å². The van der Waals surface area contributed by atoms with Gasteiger partial charge in [0.1, 0.15) is 5.75 Å². The molecule has 0 fully saturated rings. The van der Waals surface area contributed by atoms with Crippen molar-refractivity contribution in [3.8, 4) is 17.1 Å². The Labute approximate surface area is 166 Å². The Bertz CT molecular complexity index is 1040. The summed E-state index contributed by atoms with van der Waals surface area (Å²) in [5.41, 5.74) is 2.17. The summed E-state index contributed by atoms with van der Waals surface area (Å²) in [6.07, 6.45) is 2.00. The molecule has 4 aromatic rings. The van der Waals surface area contributed by atoms with Gasteiger partial charge in [0.2, 0.25) is 0 Å². The van der Waals surface area contributed by atoms with Gasteiger partial charge in [-0.2, -0.15) is 0 Å². The topological polar surface area (TPSA) is 55.7 Å². The van der Waals surface area contributed by atoms with Crippen LogP contribution in [0.25, 0.3) is 22.3 Å². The first kappa shape index (κ1) is 17.9. The highest BCUT2D eigenvalue weighted by atomic mass is 35.5. The van der Waals surface area contributed by atoms with Crippen LogP contribution < -0.4 is 4.74 Å². The normalized spacial score (nSPS) is 11.2. The molecule has 2 aromatic carbocycles. The molecule has 0 aliphatic carbocycles. The first-order valence-electron chi connectivity index (χ1n) is 8.77. The number of ether oxygens (including phenoxy) is 1. The van der Waals surface area contributed by atoms with Crippen LogP contribution in [0.1, 0.15) is 6.92 Å². The molecule has 1 N–H and O–H groups in total. The van der Waals surface area contributed by atoms with Crippen molar-refractivity contribution in [1.29, 1.82) is 0 Å². The zero-order valence-corrected chi connectivity index (χ0v) is 16.4. The number of H-pyrrole nitrogens is 1. The van der Waals surface area contributed by atoms with Gasteiger partial charge in [0.25, 0.3) is 0 Å². The standard InChI is InChI=1S/C20H19ClN4OS/c1-2-25-19(17-13-22-18-6-4-3-5-16(17)18)23-24-20(25)27-12-11-26-15-9-7-14(21)8-10-15/h3-10,13,22H,2,11-12H2,1H3. The maximum Gasteiger partial charge on any atom is 0.191 e. The molecule has 0 saturated carbocycles. The Morgan fingerprint density at radius 1 is 1.11 bits per heavy atom. The van der Waals surface area contributed by atoms with Crippen molar-refractivity contribution in [1.82, 2.24) is 19.7 Å². The zero-order valence-electron chi connectivity index (χ0n) is 14.9. The summed E-state index contributed by atoms with van der Waals surface area (Å²) in [4.78, 5) is 3.30. The number of aromatic nitrogens is 4. The van der Waals surface area contributed by atoms with Crippen LogP contribution in [-0.4, -0.2) is 32.1 Å².